The van der Waals surface area contributed by atoms with E-state index in [9.17, 15) is 0 Å². The van der Waals surface area contributed by atoms with Crippen LogP contribution in [-0.4, -0.2) is 9.52 Å². The summed E-state index contributed by atoms with van der Waals surface area (Å²) in [6.45, 7) is 4.48. The van der Waals surface area contributed by atoms with E-state index in [2.05, 4.69) is 50.3 Å². The van der Waals surface area contributed by atoms with E-state index in [1.807, 2.05) is 0 Å². The first-order chi connectivity index (χ1) is 7.79. The summed E-state index contributed by atoms with van der Waals surface area (Å²) in [5.74, 6) is 0. The van der Waals surface area contributed by atoms with Crippen molar-refractivity contribution in [1.29, 1.82) is 0 Å². The van der Waals surface area contributed by atoms with E-state index in [1.54, 1.807) is 10.8 Å². The van der Waals surface area contributed by atoms with Gasteiger partial charge in [-0.2, -0.15) is 5.20 Å². The minimum atomic E-state index is -0.252. The van der Waals surface area contributed by atoms with Gasteiger partial charge in [0.05, 0.1) is 9.52 Å². The Labute approximate surface area is 158 Å². The average molecular weight is 382 g/mol. The van der Waals surface area contributed by atoms with E-state index in [0.717, 1.165) is 0 Å². The molecule has 1 aliphatic carbocycles. The van der Waals surface area contributed by atoms with Gasteiger partial charge in [0.25, 0.3) is 0 Å². The van der Waals surface area contributed by atoms with Gasteiger partial charge in [0.1, 0.15) is 0 Å². The van der Waals surface area contributed by atoms with Gasteiger partial charge in [-0.3, -0.25) is 6.08 Å². The molecular formula is C15H19Cl3SiTi. The topological polar surface area (TPSA) is 0 Å². The van der Waals surface area contributed by atoms with Crippen LogP contribution in [0.3, 0.4) is 0 Å². The van der Waals surface area contributed by atoms with Crippen LogP contribution in [0.2, 0.25) is 0 Å². The molecule has 0 N–H and O–H groups in total. The molecule has 0 bridgehead atoms. The van der Waals surface area contributed by atoms with E-state index >= 15 is 0 Å². The van der Waals surface area contributed by atoms with Crippen molar-refractivity contribution >= 4 is 14.7 Å². The summed E-state index contributed by atoms with van der Waals surface area (Å²) in [4.78, 5) is 0. The van der Waals surface area contributed by atoms with Crippen LogP contribution in [0.15, 0.2) is 46.7 Å². The Morgan fingerprint density at radius 2 is 1.70 bits per heavy atom. The summed E-state index contributed by atoms with van der Waals surface area (Å²) in [6, 6.07) is 10.9. The molecule has 0 atom stereocenters. The van der Waals surface area contributed by atoms with E-state index in [1.165, 1.54) is 30.0 Å². The SMILES string of the molecule is CCCC1=C(C)[C-]=C([SiH2]c2ccccc2)C1.[Cl-].[Cl-].[Cl-].[Ti+4]. The molecule has 0 saturated carbocycles. The molecule has 0 heterocycles. The first kappa shape index (κ1) is 25.5. The van der Waals surface area contributed by atoms with Crippen LogP contribution < -0.4 is 42.4 Å². The zero-order chi connectivity index (χ0) is 11.4. The minimum absolute atomic E-state index is 0. The number of rotatable bonds is 4. The van der Waals surface area contributed by atoms with Gasteiger partial charge >= 0.3 is 21.7 Å². The molecule has 0 amide bonds. The maximum absolute atomic E-state index is 3.60. The Morgan fingerprint density at radius 1 is 1.10 bits per heavy atom. The molecule has 20 heavy (non-hydrogen) atoms. The maximum Gasteiger partial charge on any atom is 4.00 e. The van der Waals surface area contributed by atoms with Crippen molar-refractivity contribution in [3.05, 3.63) is 52.8 Å². The monoisotopic (exact) mass is 380 g/mol. The summed E-state index contributed by atoms with van der Waals surface area (Å²) >= 11 is 0. The number of allylic oxidation sites excluding steroid dienone is 4. The van der Waals surface area contributed by atoms with Crippen molar-refractivity contribution in [2.45, 2.75) is 33.1 Å². The van der Waals surface area contributed by atoms with E-state index in [-0.39, 0.29) is 68.5 Å². The van der Waals surface area contributed by atoms with Crippen molar-refractivity contribution in [2.75, 3.05) is 0 Å². The van der Waals surface area contributed by atoms with Crippen molar-refractivity contribution in [2.24, 2.45) is 0 Å². The number of hydrogen-bond donors (Lipinski definition) is 0. The Morgan fingerprint density at radius 3 is 2.25 bits per heavy atom. The molecular weight excluding hydrogens is 362 g/mol. The summed E-state index contributed by atoms with van der Waals surface area (Å²) in [5.41, 5.74) is 3.04. The molecule has 0 radical (unpaired) electrons. The normalized spacial score (nSPS) is 13.0. The molecule has 1 aliphatic rings. The molecule has 0 saturated heterocycles. The molecule has 0 aromatic heterocycles. The summed E-state index contributed by atoms with van der Waals surface area (Å²) in [5, 5.41) is 3.13. The van der Waals surface area contributed by atoms with Gasteiger partial charge in [-0.05, 0) is 0 Å². The second kappa shape index (κ2) is 13.2. The first-order valence-corrected chi connectivity index (χ1v) is 7.55. The maximum atomic E-state index is 3.60. The van der Waals surface area contributed by atoms with Gasteiger partial charge < -0.3 is 37.2 Å². The third-order valence-electron chi connectivity index (χ3n) is 3.13. The van der Waals surface area contributed by atoms with E-state index < -0.39 is 0 Å². The summed E-state index contributed by atoms with van der Waals surface area (Å²) in [6.07, 6.45) is 7.32. The van der Waals surface area contributed by atoms with Crippen molar-refractivity contribution in [3.8, 4) is 0 Å². The molecule has 0 aliphatic heterocycles. The molecule has 0 fully saturated rings. The van der Waals surface area contributed by atoms with Gasteiger partial charge in [-0.25, -0.2) is 11.1 Å². The van der Waals surface area contributed by atoms with Crippen LogP contribution in [-0.2, 0) is 21.7 Å². The van der Waals surface area contributed by atoms with Crippen LogP contribution in [0.25, 0.3) is 0 Å². The molecule has 1 aromatic rings. The fourth-order valence-electron chi connectivity index (χ4n) is 2.31. The molecule has 5 heteroatoms. The minimum Gasteiger partial charge on any atom is -1.00 e. The second-order valence-electron chi connectivity index (χ2n) is 4.55. The molecule has 0 spiro atoms. The number of benzene rings is 1. The van der Waals surface area contributed by atoms with Crippen LogP contribution in [0.1, 0.15) is 33.1 Å². The van der Waals surface area contributed by atoms with Gasteiger partial charge in [0.2, 0.25) is 0 Å². The Balaban J connectivity index is -0.000000722. The largest absolute Gasteiger partial charge is 4.00 e. The van der Waals surface area contributed by atoms with E-state index in [4.69, 9.17) is 0 Å². The predicted octanol–water partition coefficient (Wildman–Crippen LogP) is -6.30. The summed E-state index contributed by atoms with van der Waals surface area (Å²) < 4.78 is 0. The fourth-order valence-corrected chi connectivity index (χ4v) is 4.10. The fraction of sp³-hybridized carbons (Fsp3) is 0.333. The Bertz CT molecular complexity index is 430. The smallest absolute Gasteiger partial charge is 1.00 e. The van der Waals surface area contributed by atoms with Crippen LogP contribution in [0.5, 0.6) is 0 Å². The molecule has 0 nitrogen and oxygen atoms in total. The summed E-state index contributed by atoms with van der Waals surface area (Å²) in [7, 11) is -0.252. The van der Waals surface area contributed by atoms with Crippen LogP contribution in [0, 0.1) is 6.08 Å². The third kappa shape index (κ3) is 7.49. The predicted molar refractivity (Wildman–Crippen MR) is 73.6 cm³/mol. The zero-order valence-corrected chi connectivity index (χ0v) is 17.1. The molecule has 1 aromatic carbocycles. The van der Waals surface area contributed by atoms with Crippen LogP contribution >= 0.6 is 0 Å². The number of halogens is 3. The van der Waals surface area contributed by atoms with E-state index in [0.29, 0.717) is 0 Å². The van der Waals surface area contributed by atoms with Gasteiger partial charge in [-0.1, -0.05) is 68.6 Å². The number of hydrogen-bond acceptors (Lipinski definition) is 0. The second-order valence-corrected chi connectivity index (χ2v) is 6.57. The van der Waals surface area contributed by atoms with Gasteiger partial charge in [0, 0.05) is 0 Å². The van der Waals surface area contributed by atoms with Gasteiger partial charge in [-0.15, -0.1) is 0 Å². The van der Waals surface area contributed by atoms with Crippen LogP contribution in [0.4, 0.5) is 0 Å². The zero-order valence-electron chi connectivity index (χ0n) is 11.8. The Hall–Kier alpha value is 0.501. The quantitative estimate of drug-likeness (QED) is 0.360. The standard InChI is InChI=1S/C15H19Si.3ClH.Ti/c1-3-7-13-11-15(10-12(13)2)16-14-8-5-4-6-9-14;;;;/h4-6,8-9H,3,7,11,16H2,1-2H3;3*1H;/q-1;;;;+4/p-3. The molecule has 108 valence electrons. The van der Waals surface area contributed by atoms with Crippen molar-refractivity contribution in [3.63, 3.8) is 0 Å². The van der Waals surface area contributed by atoms with Crippen molar-refractivity contribution in [1.82, 2.24) is 0 Å². The average Bonchev–Trinajstić information content (AvgIpc) is 2.61. The van der Waals surface area contributed by atoms with Gasteiger partial charge in [0.15, 0.2) is 0 Å². The third-order valence-corrected chi connectivity index (χ3v) is 4.87. The Kier molecular flexibility index (Phi) is 16.8. The first-order valence-electron chi connectivity index (χ1n) is 6.14. The molecule has 2 rings (SSSR count). The molecule has 0 unspecified atom stereocenters. The van der Waals surface area contributed by atoms with Crippen molar-refractivity contribution < 1.29 is 58.9 Å².